The SMILES string of the molecule is C=C(C)C[C@@H](NC(=O)CC1CCCC1)C(=O)O. The predicted octanol–water partition coefficient (Wildman–Crippen LogP) is 2.10. The van der Waals surface area contributed by atoms with Crippen molar-refractivity contribution in [2.45, 2.75) is 51.5 Å². The summed E-state index contributed by atoms with van der Waals surface area (Å²) in [6, 6.07) is -0.832. The van der Waals surface area contributed by atoms with Gasteiger partial charge in [0, 0.05) is 6.42 Å². The molecule has 0 aliphatic heterocycles. The first-order valence-electron chi connectivity index (χ1n) is 6.15. The Kier molecular flexibility index (Phi) is 5.19. The monoisotopic (exact) mass is 239 g/mol. The number of carbonyl (C=O) groups excluding carboxylic acids is 1. The molecule has 0 aromatic rings. The Morgan fingerprint density at radius 3 is 2.47 bits per heavy atom. The first-order valence-corrected chi connectivity index (χ1v) is 6.15. The second kappa shape index (κ2) is 6.42. The van der Waals surface area contributed by atoms with Crippen molar-refractivity contribution in [3.8, 4) is 0 Å². The second-order valence-electron chi connectivity index (χ2n) is 4.97. The van der Waals surface area contributed by atoms with Crippen molar-refractivity contribution in [1.29, 1.82) is 0 Å². The van der Waals surface area contributed by atoms with Gasteiger partial charge in [-0.25, -0.2) is 4.79 Å². The lowest BCUT2D eigenvalue weighted by molar-refractivity contribution is -0.141. The number of carboxylic acid groups (broad SMARTS) is 1. The maximum absolute atomic E-state index is 11.7. The average Bonchev–Trinajstić information content (AvgIpc) is 2.68. The van der Waals surface area contributed by atoms with Crippen LogP contribution in [-0.2, 0) is 9.59 Å². The normalized spacial score (nSPS) is 17.7. The summed E-state index contributed by atoms with van der Waals surface area (Å²) in [5, 5.41) is 11.6. The van der Waals surface area contributed by atoms with Crippen molar-refractivity contribution in [3.05, 3.63) is 12.2 Å². The van der Waals surface area contributed by atoms with Gasteiger partial charge in [-0.3, -0.25) is 4.79 Å². The summed E-state index contributed by atoms with van der Waals surface area (Å²) in [5.41, 5.74) is 0.763. The topological polar surface area (TPSA) is 66.4 Å². The number of carboxylic acids is 1. The van der Waals surface area contributed by atoms with Gasteiger partial charge < -0.3 is 10.4 Å². The maximum Gasteiger partial charge on any atom is 0.326 e. The Bertz CT molecular complexity index is 306. The number of carbonyl (C=O) groups is 2. The lowest BCUT2D eigenvalue weighted by atomic mass is 10.0. The molecule has 0 unspecified atom stereocenters. The molecular formula is C13H21NO3. The molecule has 4 nitrogen and oxygen atoms in total. The van der Waals surface area contributed by atoms with Crippen LogP contribution in [0.3, 0.4) is 0 Å². The van der Waals surface area contributed by atoms with Gasteiger partial charge in [0.05, 0.1) is 0 Å². The Morgan fingerprint density at radius 2 is 2.00 bits per heavy atom. The van der Waals surface area contributed by atoms with Crippen molar-refractivity contribution < 1.29 is 14.7 Å². The van der Waals surface area contributed by atoms with Crippen molar-refractivity contribution in [3.63, 3.8) is 0 Å². The van der Waals surface area contributed by atoms with Gasteiger partial charge in [0.2, 0.25) is 5.91 Å². The lowest BCUT2D eigenvalue weighted by Gasteiger charge is -2.16. The molecule has 0 aromatic heterocycles. The van der Waals surface area contributed by atoms with Crippen LogP contribution in [0.4, 0.5) is 0 Å². The molecule has 4 heteroatoms. The van der Waals surface area contributed by atoms with Gasteiger partial charge in [-0.15, -0.1) is 6.58 Å². The van der Waals surface area contributed by atoms with Gasteiger partial charge in [-0.2, -0.15) is 0 Å². The van der Waals surface area contributed by atoms with Crippen LogP contribution in [0.2, 0.25) is 0 Å². The van der Waals surface area contributed by atoms with E-state index in [2.05, 4.69) is 11.9 Å². The molecule has 0 aromatic carbocycles. The fraction of sp³-hybridized carbons (Fsp3) is 0.692. The van der Waals surface area contributed by atoms with Crippen LogP contribution in [0.5, 0.6) is 0 Å². The van der Waals surface area contributed by atoms with Gasteiger partial charge >= 0.3 is 5.97 Å². The fourth-order valence-electron chi connectivity index (χ4n) is 2.28. The van der Waals surface area contributed by atoms with Crippen molar-refractivity contribution >= 4 is 11.9 Å². The molecule has 1 atom stereocenters. The molecule has 1 aliphatic rings. The van der Waals surface area contributed by atoms with E-state index in [1.54, 1.807) is 6.92 Å². The molecule has 1 fully saturated rings. The maximum atomic E-state index is 11.7. The first kappa shape index (κ1) is 13.7. The second-order valence-corrected chi connectivity index (χ2v) is 4.97. The summed E-state index contributed by atoms with van der Waals surface area (Å²) in [6.45, 7) is 5.44. The van der Waals surface area contributed by atoms with E-state index in [1.807, 2.05) is 0 Å². The van der Waals surface area contributed by atoms with E-state index in [1.165, 1.54) is 12.8 Å². The standard InChI is InChI=1S/C13H21NO3/c1-9(2)7-11(13(16)17)14-12(15)8-10-5-3-4-6-10/h10-11H,1,3-8H2,2H3,(H,14,15)(H,16,17)/t11-/m1/s1. The highest BCUT2D eigenvalue weighted by atomic mass is 16.4. The molecule has 0 radical (unpaired) electrons. The summed E-state index contributed by atoms with van der Waals surface area (Å²) >= 11 is 0. The number of aliphatic carboxylic acids is 1. The van der Waals surface area contributed by atoms with E-state index < -0.39 is 12.0 Å². The zero-order valence-electron chi connectivity index (χ0n) is 10.4. The van der Waals surface area contributed by atoms with Crippen LogP contribution in [-0.4, -0.2) is 23.0 Å². The minimum absolute atomic E-state index is 0.148. The fourth-order valence-corrected chi connectivity index (χ4v) is 2.28. The van der Waals surface area contributed by atoms with Gasteiger partial charge in [0.25, 0.3) is 0 Å². The number of amides is 1. The summed E-state index contributed by atoms with van der Waals surface area (Å²) in [5.74, 6) is -0.701. The summed E-state index contributed by atoms with van der Waals surface area (Å²) in [7, 11) is 0. The average molecular weight is 239 g/mol. The third-order valence-electron chi connectivity index (χ3n) is 3.13. The zero-order chi connectivity index (χ0) is 12.8. The van der Waals surface area contributed by atoms with Gasteiger partial charge in [0.1, 0.15) is 6.04 Å². The van der Waals surface area contributed by atoms with E-state index in [0.29, 0.717) is 18.8 Å². The van der Waals surface area contributed by atoms with Crippen molar-refractivity contribution in [2.75, 3.05) is 0 Å². The number of hydrogen-bond acceptors (Lipinski definition) is 2. The third-order valence-corrected chi connectivity index (χ3v) is 3.13. The highest BCUT2D eigenvalue weighted by Gasteiger charge is 2.23. The van der Waals surface area contributed by atoms with Gasteiger partial charge in [-0.05, 0) is 32.1 Å². The highest BCUT2D eigenvalue weighted by molar-refractivity contribution is 5.83. The van der Waals surface area contributed by atoms with Crippen LogP contribution < -0.4 is 5.32 Å². The molecule has 17 heavy (non-hydrogen) atoms. The highest BCUT2D eigenvalue weighted by Crippen LogP contribution is 2.27. The van der Waals surface area contributed by atoms with Crippen LogP contribution in [0.25, 0.3) is 0 Å². The Balaban J connectivity index is 2.40. The summed E-state index contributed by atoms with van der Waals surface area (Å²) in [4.78, 5) is 22.6. The van der Waals surface area contributed by atoms with E-state index in [-0.39, 0.29) is 5.91 Å². The molecule has 0 spiro atoms. The van der Waals surface area contributed by atoms with Crippen LogP contribution in [0.1, 0.15) is 45.4 Å². The molecule has 0 saturated heterocycles. The minimum atomic E-state index is -0.993. The zero-order valence-corrected chi connectivity index (χ0v) is 10.4. The van der Waals surface area contributed by atoms with Crippen LogP contribution >= 0.6 is 0 Å². The van der Waals surface area contributed by atoms with Crippen molar-refractivity contribution in [1.82, 2.24) is 5.32 Å². The Hall–Kier alpha value is -1.32. The molecule has 1 amide bonds. The summed E-state index contributed by atoms with van der Waals surface area (Å²) in [6.07, 6.45) is 5.31. The third kappa shape index (κ3) is 5.02. The predicted molar refractivity (Wildman–Crippen MR) is 65.6 cm³/mol. The molecule has 96 valence electrons. The van der Waals surface area contributed by atoms with Gasteiger partial charge in [-0.1, -0.05) is 18.4 Å². The Morgan fingerprint density at radius 1 is 1.41 bits per heavy atom. The molecular weight excluding hydrogens is 218 g/mol. The van der Waals surface area contributed by atoms with E-state index in [9.17, 15) is 9.59 Å². The first-order chi connectivity index (χ1) is 7.99. The number of hydrogen-bond donors (Lipinski definition) is 2. The van der Waals surface area contributed by atoms with Crippen LogP contribution in [0.15, 0.2) is 12.2 Å². The quantitative estimate of drug-likeness (QED) is 0.697. The molecule has 0 bridgehead atoms. The van der Waals surface area contributed by atoms with E-state index in [4.69, 9.17) is 5.11 Å². The van der Waals surface area contributed by atoms with Crippen molar-refractivity contribution in [2.24, 2.45) is 5.92 Å². The van der Waals surface area contributed by atoms with Crippen LogP contribution in [0, 0.1) is 5.92 Å². The molecule has 1 aliphatic carbocycles. The number of rotatable bonds is 6. The Labute approximate surface area is 102 Å². The lowest BCUT2D eigenvalue weighted by Crippen LogP contribution is -2.41. The number of nitrogens with one attached hydrogen (secondary N) is 1. The van der Waals surface area contributed by atoms with Gasteiger partial charge in [0.15, 0.2) is 0 Å². The minimum Gasteiger partial charge on any atom is -0.480 e. The summed E-state index contributed by atoms with van der Waals surface area (Å²) < 4.78 is 0. The smallest absolute Gasteiger partial charge is 0.326 e. The largest absolute Gasteiger partial charge is 0.480 e. The molecule has 1 saturated carbocycles. The molecule has 0 heterocycles. The molecule has 1 rings (SSSR count). The van der Waals surface area contributed by atoms with E-state index >= 15 is 0 Å². The molecule has 2 N–H and O–H groups in total. The van der Waals surface area contributed by atoms with E-state index in [0.717, 1.165) is 18.4 Å².